The summed E-state index contributed by atoms with van der Waals surface area (Å²) in [6, 6.07) is 0. The Kier molecular flexibility index (Phi) is 3.84. The fourth-order valence-electron chi connectivity index (χ4n) is 2.02. The number of nitrogen functional groups attached to an aromatic ring is 1. The number of halogens is 1. The minimum Gasteiger partial charge on any atom is -0.394 e. The second-order valence-electron chi connectivity index (χ2n) is 4.54. The van der Waals surface area contributed by atoms with Crippen molar-refractivity contribution in [3.63, 3.8) is 0 Å². The largest absolute Gasteiger partial charge is 0.394 e. The third-order valence-corrected chi connectivity index (χ3v) is 3.95. The standard InChI is InChI=1S/C10H14IN3O5/c1-10(18)6(16)5(3-15)19-8(10)14-2-4(11)7(12)13-9(14)17/h2,5-6,8,15-16,18H,3H2,1H3,(H2,12,13,17)/t5?,6?,8?,10-/m1/s1. The molecule has 19 heavy (non-hydrogen) atoms. The first-order valence-electron chi connectivity index (χ1n) is 5.50. The summed E-state index contributed by atoms with van der Waals surface area (Å²) in [5.74, 6) is 0.0822. The first-order chi connectivity index (χ1) is 8.78. The van der Waals surface area contributed by atoms with Crippen molar-refractivity contribution in [1.82, 2.24) is 9.55 Å². The van der Waals surface area contributed by atoms with Crippen LogP contribution in [0.2, 0.25) is 0 Å². The Hall–Kier alpha value is -0.750. The zero-order valence-corrected chi connectivity index (χ0v) is 12.2. The molecule has 2 heterocycles. The van der Waals surface area contributed by atoms with E-state index in [9.17, 15) is 15.0 Å². The molecule has 0 aliphatic carbocycles. The molecule has 8 nitrogen and oxygen atoms in total. The molecule has 1 aromatic rings. The van der Waals surface area contributed by atoms with E-state index in [-0.39, 0.29) is 5.82 Å². The molecule has 0 saturated carbocycles. The molecule has 4 atom stereocenters. The molecular formula is C10H14IN3O5. The topological polar surface area (TPSA) is 131 Å². The second kappa shape index (κ2) is 4.98. The lowest BCUT2D eigenvalue weighted by atomic mass is 9.96. The predicted molar refractivity (Wildman–Crippen MR) is 73.3 cm³/mol. The van der Waals surface area contributed by atoms with Crippen molar-refractivity contribution >= 4 is 28.4 Å². The van der Waals surface area contributed by atoms with Gasteiger partial charge in [-0.25, -0.2) is 4.79 Å². The van der Waals surface area contributed by atoms with Crippen LogP contribution in [-0.4, -0.2) is 49.3 Å². The van der Waals surface area contributed by atoms with E-state index in [1.54, 1.807) is 0 Å². The van der Waals surface area contributed by atoms with Crippen molar-refractivity contribution in [2.24, 2.45) is 0 Å². The van der Waals surface area contributed by atoms with Gasteiger partial charge in [-0.2, -0.15) is 4.98 Å². The maximum atomic E-state index is 11.8. The molecule has 0 amide bonds. The summed E-state index contributed by atoms with van der Waals surface area (Å²) in [4.78, 5) is 15.4. The van der Waals surface area contributed by atoms with E-state index in [1.807, 2.05) is 22.6 Å². The van der Waals surface area contributed by atoms with Gasteiger partial charge < -0.3 is 25.8 Å². The van der Waals surface area contributed by atoms with Gasteiger partial charge >= 0.3 is 5.69 Å². The zero-order chi connectivity index (χ0) is 14.4. The minimum atomic E-state index is -1.72. The van der Waals surface area contributed by atoms with Crippen molar-refractivity contribution in [2.45, 2.75) is 31.0 Å². The first-order valence-corrected chi connectivity index (χ1v) is 6.57. The maximum absolute atomic E-state index is 11.8. The number of anilines is 1. The van der Waals surface area contributed by atoms with Gasteiger partial charge in [-0.1, -0.05) is 0 Å². The van der Waals surface area contributed by atoms with Gasteiger partial charge in [-0.15, -0.1) is 0 Å². The van der Waals surface area contributed by atoms with Crippen LogP contribution in [0, 0.1) is 3.57 Å². The third kappa shape index (κ3) is 2.36. The highest BCUT2D eigenvalue weighted by molar-refractivity contribution is 14.1. The predicted octanol–water partition coefficient (Wildman–Crippen LogP) is -1.57. The molecule has 2 rings (SSSR count). The molecular weight excluding hydrogens is 369 g/mol. The van der Waals surface area contributed by atoms with Crippen molar-refractivity contribution in [3.8, 4) is 0 Å². The van der Waals surface area contributed by atoms with Crippen molar-refractivity contribution in [2.75, 3.05) is 12.3 Å². The van der Waals surface area contributed by atoms with Gasteiger partial charge in [0.25, 0.3) is 0 Å². The summed E-state index contributed by atoms with van der Waals surface area (Å²) in [5, 5.41) is 29.2. The number of aromatic nitrogens is 2. The van der Waals surface area contributed by atoms with Crippen LogP contribution in [0.5, 0.6) is 0 Å². The average molecular weight is 383 g/mol. The normalized spacial score (nSPS) is 34.7. The number of ether oxygens (including phenoxy) is 1. The summed E-state index contributed by atoms with van der Waals surface area (Å²) in [6.07, 6.45) is -2.04. The van der Waals surface area contributed by atoms with E-state index < -0.39 is 36.3 Å². The van der Waals surface area contributed by atoms with Crippen molar-refractivity contribution in [3.05, 3.63) is 20.3 Å². The Balaban J connectivity index is 2.48. The maximum Gasteiger partial charge on any atom is 0.351 e. The summed E-state index contributed by atoms with van der Waals surface area (Å²) in [6.45, 7) is 0.857. The molecule has 0 aromatic carbocycles. The van der Waals surface area contributed by atoms with Gasteiger partial charge in [0.2, 0.25) is 0 Å². The fourth-order valence-corrected chi connectivity index (χ4v) is 2.44. The van der Waals surface area contributed by atoms with Gasteiger partial charge in [0.1, 0.15) is 23.6 Å². The Bertz CT molecular complexity index is 546. The van der Waals surface area contributed by atoms with Gasteiger partial charge in [0.05, 0.1) is 10.2 Å². The van der Waals surface area contributed by atoms with Crippen molar-refractivity contribution < 1.29 is 20.1 Å². The van der Waals surface area contributed by atoms with Gasteiger partial charge in [0, 0.05) is 6.20 Å². The number of rotatable bonds is 2. The zero-order valence-electron chi connectivity index (χ0n) is 10.0. The molecule has 3 unspecified atom stereocenters. The van der Waals surface area contributed by atoms with E-state index in [2.05, 4.69) is 4.98 Å². The average Bonchev–Trinajstić information content (AvgIpc) is 2.56. The van der Waals surface area contributed by atoms with Crippen LogP contribution in [-0.2, 0) is 4.74 Å². The minimum absolute atomic E-state index is 0.0822. The summed E-state index contributed by atoms with van der Waals surface area (Å²) >= 11 is 1.89. The lowest BCUT2D eigenvalue weighted by molar-refractivity contribution is -0.0987. The first kappa shape index (κ1) is 14.7. The van der Waals surface area contributed by atoms with E-state index in [4.69, 9.17) is 15.6 Å². The van der Waals surface area contributed by atoms with Crippen molar-refractivity contribution in [1.29, 1.82) is 0 Å². The fraction of sp³-hybridized carbons (Fsp3) is 0.600. The number of aliphatic hydroxyl groups is 3. The monoisotopic (exact) mass is 383 g/mol. The van der Waals surface area contributed by atoms with Crippen LogP contribution in [0.3, 0.4) is 0 Å². The molecule has 1 aliphatic rings. The molecule has 5 N–H and O–H groups in total. The van der Waals surface area contributed by atoms with E-state index in [0.717, 1.165) is 4.57 Å². The Morgan fingerprint density at radius 1 is 1.68 bits per heavy atom. The number of hydrogen-bond acceptors (Lipinski definition) is 7. The summed E-state index contributed by atoms with van der Waals surface area (Å²) in [5.41, 5.74) is 3.09. The highest BCUT2D eigenvalue weighted by atomic mass is 127. The molecule has 106 valence electrons. The van der Waals surface area contributed by atoms with Crippen LogP contribution in [0.1, 0.15) is 13.2 Å². The molecule has 0 bridgehead atoms. The van der Waals surface area contributed by atoms with E-state index in [1.165, 1.54) is 13.1 Å². The molecule has 1 fully saturated rings. The molecule has 1 aromatic heterocycles. The Labute approximate surface area is 122 Å². The lowest BCUT2D eigenvalue weighted by Gasteiger charge is -2.27. The van der Waals surface area contributed by atoms with E-state index in [0.29, 0.717) is 3.57 Å². The number of nitrogens with zero attached hydrogens (tertiary/aromatic N) is 2. The van der Waals surface area contributed by atoms with Crippen LogP contribution in [0.15, 0.2) is 11.0 Å². The smallest absolute Gasteiger partial charge is 0.351 e. The van der Waals surface area contributed by atoms with Gasteiger partial charge in [-0.05, 0) is 29.5 Å². The highest BCUT2D eigenvalue weighted by Crippen LogP contribution is 2.37. The molecule has 1 aliphatic heterocycles. The van der Waals surface area contributed by atoms with Gasteiger partial charge in [-0.3, -0.25) is 4.57 Å². The summed E-state index contributed by atoms with van der Waals surface area (Å²) < 4.78 is 6.89. The van der Waals surface area contributed by atoms with E-state index >= 15 is 0 Å². The third-order valence-electron chi connectivity index (χ3n) is 3.12. The molecule has 0 radical (unpaired) electrons. The number of nitrogens with two attached hydrogens (primary N) is 1. The summed E-state index contributed by atoms with van der Waals surface area (Å²) in [7, 11) is 0. The van der Waals surface area contributed by atoms with Crippen LogP contribution in [0.25, 0.3) is 0 Å². The lowest BCUT2D eigenvalue weighted by Crippen LogP contribution is -2.46. The Morgan fingerprint density at radius 2 is 2.32 bits per heavy atom. The van der Waals surface area contributed by atoms with Crippen LogP contribution >= 0.6 is 22.6 Å². The highest BCUT2D eigenvalue weighted by Gasteiger charge is 2.53. The molecule has 9 heteroatoms. The number of hydrogen-bond donors (Lipinski definition) is 4. The van der Waals surface area contributed by atoms with Gasteiger partial charge in [0.15, 0.2) is 6.23 Å². The second-order valence-corrected chi connectivity index (χ2v) is 5.71. The van der Waals surface area contributed by atoms with Crippen LogP contribution in [0.4, 0.5) is 5.82 Å². The molecule has 1 saturated heterocycles. The Morgan fingerprint density at radius 3 is 2.84 bits per heavy atom. The number of aliphatic hydroxyl groups excluding tert-OH is 2. The quantitative estimate of drug-likeness (QED) is 0.454. The van der Waals surface area contributed by atoms with Crippen LogP contribution < -0.4 is 11.4 Å². The SMILES string of the molecule is C[C@@]1(O)C(O)C(CO)OC1n1cc(I)c(N)nc1=O. The molecule has 0 spiro atoms.